The molecule has 164 valence electrons. The highest BCUT2D eigenvalue weighted by atomic mass is 127. The summed E-state index contributed by atoms with van der Waals surface area (Å²) in [6, 6.07) is 11.9. The maximum absolute atomic E-state index is 6.26. The van der Waals surface area contributed by atoms with Crippen molar-refractivity contribution in [2.24, 2.45) is 4.99 Å². The molecule has 0 amide bonds. The number of para-hydroxylation sites is 1. The van der Waals surface area contributed by atoms with Gasteiger partial charge >= 0.3 is 0 Å². The van der Waals surface area contributed by atoms with Crippen molar-refractivity contribution in [3.8, 4) is 5.75 Å². The molecule has 3 rings (SSSR count). The molecule has 0 bridgehead atoms. The average molecular weight is 546 g/mol. The van der Waals surface area contributed by atoms with E-state index in [1.54, 1.807) is 20.4 Å². The lowest BCUT2D eigenvalue weighted by Gasteiger charge is -2.20. The van der Waals surface area contributed by atoms with Gasteiger partial charge in [-0.1, -0.05) is 29.8 Å². The van der Waals surface area contributed by atoms with Crippen molar-refractivity contribution >= 4 is 47.4 Å². The van der Waals surface area contributed by atoms with Crippen LogP contribution in [0.25, 0.3) is 0 Å². The van der Waals surface area contributed by atoms with Gasteiger partial charge in [0.15, 0.2) is 5.96 Å². The number of nitrogens with one attached hydrogen (secondary N) is 2. The highest BCUT2D eigenvalue weighted by Crippen LogP contribution is 2.25. The van der Waals surface area contributed by atoms with Crippen molar-refractivity contribution in [3.05, 3.63) is 53.2 Å². The van der Waals surface area contributed by atoms with Gasteiger partial charge in [0.1, 0.15) is 11.6 Å². The molecule has 1 aromatic heterocycles. The Morgan fingerprint density at radius 2 is 2.13 bits per heavy atom. The van der Waals surface area contributed by atoms with Crippen molar-refractivity contribution in [1.29, 1.82) is 0 Å². The van der Waals surface area contributed by atoms with Gasteiger partial charge in [0.05, 0.1) is 25.3 Å². The van der Waals surface area contributed by atoms with Gasteiger partial charge in [-0.05, 0) is 24.6 Å². The standard InChI is InChI=1S/C21H28ClN5O2.HI/c1-23-21(25-11-13-29-15-16-6-3-4-8-19(16)28-2)26-17-9-12-27(14-17)20-18(22)7-5-10-24-20;/h3-8,10,17H,9,11-15H2,1-2H3,(H2,23,25,26);1H. The van der Waals surface area contributed by atoms with Crippen LogP contribution in [0.1, 0.15) is 12.0 Å². The summed E-state index contributed by atoms with van der Waals surface area (Å²) in [5.74, 6) is 2.45. The second kappa shape index (κ2) is 12.8. The van der Waals surface area contributed by atoms with E-state index in [0.717, 1.165) is 42.6 Å². The summed E-state index contributed by atoms with van der Waals surface area (Å²) in [4.78, 5) is 10.9. The van der Waals surface area contributed by atoms with Crippen LogP contribution in [-0.4, -0.2) is 57.4 Å². The Balaban J connectivity index is 0.00000320. The van der Waals surface area contributed by atoms with Gasteiger partial charge in [-0.2, -0.15) is 0 Å². The predicted octanol–water partition coefficient (Wildman–Crippen LogP) is 3.32. The van der Waals surface area contributed by atoms with Gasteiger partial charge in [-0.25, -0.2) is 4.98 Å². The molecule has 2 N–H and O–H groups in total. The summed E-state index contributed by atoms with van der Waals surface area (Å²) in [7, 11) is 3.44. The van der Waals surface area contributed by atoms with Crippen LogP contribution in [0.15, 0.2) is 47.6 Å². The van der Waals surface area contributed by atoms with E-state index in [1.165, 1.54) is 0 Å². The third-order valence-corrected chi connectivity index (χ3v) is 5.08. The molecule has 0 spiro atoms. The maximum atomic E-state index is 6.26. The number of ether oxygens (including phenoxy) is 2. The molecule has 0 aliphatic carbocycles. The molecule has 1 fully saturated rings. The van der Waals surface area contributed by atoms with E-state index in [2.05, 4.69) is 25.5 Å². The summed E-state index contributed by atoms with van der Waals surface area (Å²) < 4.78 is 11.1. The zero-order valence-corrected chi connectivity index (χ0v) is 20.4. The fourth-order valence-electron chi connectivity index (χ4n) is 3.31. The number of pyridine rings is 1. The topological polar surface area (TPSA) is 71.0 Å². The molecule has 30 heavy (non-hydrogen) atoms. The van der Waals surface area contributed by atoms with Crippen LogP contribution >= 0.6 is 35.6 Å². The van der Waals surface area contributed by atoms with E-state index < -0.39 is 0 Å². The van der Waals surface area contributed by atoms with Crippen LogP contribution in [0, 0.1) is 0 Å². The van der Waals surface area contributed by atoms with Crippen LogP contribution in [-0.2, 0) is 11.3 Å². The summed E-state index contributed by atoms with van der Waals surface area (Å²) in [6.07, 6.45) is 2.77. The van der Waals surface area contributed by atoms with E-state index in [-0.39, 0.29) is 30.0 Å². The number of guanidine groups is 1. The number of hydrogen-bond acceptors (Lipinski definition) is 5. The minimum Gasteiger partial charge on any atom is -0.496 e. The molecule has 1 aliphatic heterocycles. The third kappa shape index (κ3) is 6.88. The predicted molar refractivity (Wildman–Crippen MR) is 132 cm³/mol. The van der Waals surface area contributed by atoms with Crippen molar-refractivity contribution in [2.45, 2.75) is 19.1 Å². The Morgan fingerprint density at radius 3 is 2.90 bits per heavy atom. The Labute approximate surface area is 200 Å². The number of hydrogen-bond donors (Lipinski definition) is 2. The molecular weight excluding hydrogens is 517 g/mol. The normalized spacial score (nSPS) is 16.2. The minimum absolute atomic E-state index is 0. The zero-order chi connectivity index (χ0) is 20.5. The van der Waals surface area contributed by atoms with Crippen molar-refractivity contribution in [3.63, 3.8) is 0 Å². The Bertz CT molecular complexity index is 823. The molecule has 1 aliphatic rings. The van der Waals surface area contributed by atoms with Crippen molar-refractivity contribution in [1.82, 2.24) is 15.6 Å². The maximum Gasteiger partial charge on any atom is 0.191 e. The van der Waals surface area contributed by atoms with E-state index in [1.807, 2.05) is 36.4 Å². The second-order valence-electron chi connectivity index (χ2n) is 6.75. The molecule has 1 atom stereocenters. The molecule has 2 heterocycles. The molecule has 1 aromatic carbocycles. The molecule has 2 aromatic rings. The van der Waals surface area contributed by atoms with Gasteiger partial charge < -0.3 is 25.0 Å². The quantitative estimate of drug-likeness (QED) is 0.230. The summed E-state index contributed by atoms with van der Waals surface area (Å²) in [5.41, 5.74) is 1.04. The molecule has 9 heteroatoms. The Kier molecular flexibility index (Phi) is 10.5. The number of aliphatic imine (C=N–C) groups is 1. The van der Waals surface area contributed by atoms with Gasteiger partial charge in [0.25, 0.3) is 0 Å². The van der Waals surface area contributed by atoms with E-state index in [4.69, 9.17) is 21.1 Å². The first-order chi connectivity index (χ1) is 14.2. The van der Waals surface area contributed by atoms with Crippen LogP contribution in [0.3, 0.4) is 0 Å². The SMILES string of the molecule is CN=C(NCCOCc1ccccc1OC)NC1CCN(c2ncccc2Cl)C1.I. The van der Waals surface area contributed by atoms with Gasteiger partial charge in [-0.15, -0.1) is 24.0 Å². The van der Waals surface area contributed by atoms with Crippen LogP contribution in [0.4, 0.5) is 5.82 Å². The lowest BCUT2D eigenvalue weighted by molar-refractivity contribution is 0.123. The number of halogens is 2. The Morgan fingerprint density at radius 1 is 1.30 bits per heavy atom. The molecule has 7 nitrogen and oxygen atoms in total. The van der Waals surface area contributed by atoms with Gasteiger partial charge in [0, 0.05) is 44.5 Å². The molecule has 1 unspecified atom stereocenters. The molecule has 0 radical (unpaired) electrons. The van der Waals surface area contributed by atoms with E-state index in [9.17, 15) is 0 Å². The fraction of sp³-hybridized carbons (Fsp3) is 0.429. The smallest absolute Gasteiger partial charge is 0.191 e. The monoisotopic (exact) mass is 545 g/mol. The summed E-state index contributed by atoms with van der Waals surface area (Å²) in [6.45, 7) is 3.49. The van der Waals surface area contributed by atoms with E-state index in [0.29, 0.717) is 24.8 Å². The highest BCUT2D eigenvalue weighted by Gasteiger charge is 2.25. The molecular formula is C21H29ClIN5O2. The summed E-state index contributed by atoms with van der Waals surface area (Å²) >= 11 is 6.26. The van der Waals surface area contributed by atoms with Gasteiger partial charge in [0.2, 0.25) is 0 Å². The Hall–Kier alpha value is -1.78. The number of benzene rings is 1. The summed E-state index contributed by atoms with van der Waals surface area (Å²) in [5, 5.41) is 7.45. The lowest BCUT2D eigenvalue weighted by Crippen LogP contribution is -2.45. The first kappa shape index (κ1) is 24.5. The number of aromatic nitrogens is 1. The largest absolute Gasteiger partial charge is 0.496 e. The van der Waals surface area contributed by atoms with Crippen molar-refractivity contribution < 1.29 is 9.47 Å². The number of rotatable bonds is 8. The third-order valence-electron chi connectivity index (χ3n) is 4.78. The average Bonchev–Trinajstić information content (AvgIpc) is 3.21. The molecule has 0 saturated carbocycles. The first-order valence-corrected chi connectivity index (χ1v) is 10.1. The second-order valence-corrected chi connectivity index (χ2v) is 7.16. The van der Waals surface area contributed by atoms with Gasteiger partial charge in [-0.3, -0.25) is 4.99 Å². The fourth-order valence-corrected chi connectivity index (χ4v) is 3.56. The number of nitrogens with zero attached hydrogens (tertiary/aromatic N) is 3. The number of anilines is 1. The zero-order valence-electron chi connectivity index (χ0n) is 17.3. The lowest BCUT2D eigenvalue weighted by atomic mass is 10.2. The minimum atomic E-state index is 0. The highest BCUT2D eigenvalue weighted by molar-refractivity contribution is 14.0. The number of methoxy groups -OCH3 is 1. The van der Waals surface area contributed by atoms with Crippen LogP contribution < -0.4 is 20.3 Å². The van der Waals surface area contributed by atoms with Crippen LogP contribution in [0.2, 0.25) is 5.02 Å². The molecule has 1 saturated heterocycles. The van der Waals surface area contributed by atoms with Crippen molar-refractivity contribution in [2.75, 3.05) is 45.3 Å². The van der Waals surface area contributed by atoms with Crippen LogP contribution in [0.5, 0.6) is 5.75 Å². The van der Waals surface area contributed by atoms with E-state index >= 15 is 0 Å². The first-order valence-electron chi connectivity index (χ1n) is 9.73.